The summed E-state index contributed by atoms with van der Waals surface area (Å²) in [5.41, 5.74) is 3.91. The Kier molecular flexibility index (Phi) is 2.25. The summed E-state index contributed by atoms with van der Waals surface area (Å²) in [6, 6.07) is 4.33. The monoisotopic (exact) mass is 221 g/mol. The van der Waals surface area contributed by atoms with Crippen molar-refractivity contribution in [3.63, 3.8) is 0 Å². The molecule has 0 radical (unpaired) electrons. The van der Waals surface area contributed by atoms with Gasteiger partial charge in [0, 0.05) is 5.75 Å². The van der Waals surface area contributed by atoms with Crippen molar-refractivity contribution in [2.45, 2.75) is 18.9 Å². The van der Waals surface area contributed by atoms with Crippen LogP contribution < -0.4 is 5.43 Å². The molecular formula is C10H11N3OS. The van der Waals surface area contributed by atoms with Crippen molar-refractivity contribution in [3.05, 3.63) is 24.2 Å². The van der Waals surface area contributed by atoms with Gasteiger partial charge in [-0.1, -0.05) is 11.8 Å². The molecular weight excluding hydrogens is 210 g/mol. The number of hydrogen-bond donors (Lipinski definition) is 1. The zero-order chi connectivity index (χ0) is 10.1. The molecule has 1 saturated carbocycles. The second-order valence-electron chi connectivity index (χ2n) is 3.60. The Morgan fingerprint density at radius 3 is 3.07 bits per heavy atom. The molecule has 3 rings (SSSR count). The van der Waals surface area contributed by atoms with Gasteiger partial charge in [0.15, 0.2) is 10.9 Å². The predicted octanol–water partition coefficient (Wildman–Crippen LogP) is 1.84. The predicted molar refractivity (Wildman–Crippen MR) is 61.3 cm³/mol. The van der Waals surface area contributed by atoms with E-state index in [1.165, 1.54) is 12.8 Å². The lowest BCUT2D eigenvalue weighted by molar-refractivity contribution is 0.556. The van der Waals surface area contributed by atoms with Crippen LogP contribution in [0.3, 0.4) is 0 Å². The average molecular weight is 221 g/mol. The highest BCUT2D eigenvalue weighted by Crippen LogP contribution is 2.25. The van der Waals surface area contributed by atoms with Gasteiger partial charge in [-0.05, 0) is 25.0 Å². The topological polar surface area (TPSA) is 49.9 Å². The summed E-state index contributed by atoms with van der Waals surface area (Å²) in [7, 11) is 0. The maximum Gasteiger partial charge on any atom is 0.177 e. The van der Waals surface area contributed by atoms with Crippen LogP contribution in [-0.4, -0.2) is 22.7 Å². The molecule has 1 N–H and O–H groups in total. The van der Waals surface area contributed by atoms with Gasteiger partial charge < -0.3 is 4.42 Å². The normalized spacial score (nSPS) is 23.7. The van der Waals surface area contributed by atoms with Crippen LogP contribution in [0.15, 0.2) is 32.9 Å². The Morgan fingerprint density at radius 1 is 1.53 bits per heavy atom. The highest BCUT2D eigenvalue weighted by atomic mass is 32.2. The molecule has 5 heteroatoms. The molecule has 0 atom stereocenters. The van der Waals surface area contributed by atoms with Crippen LogP contribution in [-0.2, 0) is 0 Å². The maximum atomic E-state index is 5.28. The Morgan fingerprint density at radius 2 is 2.47 bits per heavy atom. The molecule has 2 heterocycles. The van der Waals surface area contributed by atoms with Crippen LogP contribution in [0.25, 0.3) is 0 Å². The van der Waals surface area contributed by atoms with E-state index in [1.807, 2.05) is 12.1 Å². The zero-order valence-corrected chi connectivity index (χ0v) is 8.96. The number of thioether (sulfide) groups is 1. The summed E-state index contributed by atoms with van der Waals surface area (Å²) in [5.74, 6) is 1.66. The van der Waals surface area contributed by atoms with Crippen molar-refractivity contribution >= 4 is 22.6 Å². The summed E-state index contributed by atoms with van der Waals surface area (Å²) < 4.78 is 5.28. The van der Waals surface area contributed by atoms with Crippen molar-refractivity contribution in [3.8, 4) is 0 Å². The molecule has 0 saturated heterocycles. The maximum absolute atomic E-state index is 5.28. The molecule has 15 heavy (non-hydrogen) atoms. The van der Waals surface area contributed by atoms with Crippen LogP contribution in [0, 0.1) is 0 Å². The smallest absolute Gasteiger partial charge is 0.177 e. The molecule has 0 aromatic carbocycles. The Hall–Kier alpha value is -1.23. The molecule has 0 spiro atoms. The van der Waals surface area contributed by atoms with E-state index in [0.717, 1.165) is 22.4 Å². The minimum Gasteiger partial charge on any atom is -0.463 e. The fraction of sp³-hybridized carbons (Fsp3) is 0.400. The van der Waals surface area contributed by atoms with Gasteiger partial charge in [0.2, 0.25) is 0 Å². The van der Waals surface area contributed by atoms with Gasteiger partial charge in [0.25, 0.3) is 0 Å². The number of nitrogens with zero attached hydrogens (tertiary/aromatic N) is 2. The van der Waals surface area contributed by atoms with Gasteiger partial charge in [-0.15, -0.1) is 0 Å². The fourth-order valence-electron chi connectivity index (χ4n) is 1.32. The molecule has 4 nitrogen and oxygen atoms in total. The molecule has 0 unspecified atom stereocenters. The first-order valence-electron chi connectivity index (χ1n) is 4.99. The largest absolute Gasteiger partial charge is 0.463 e. The summed E-state index contributed by atoms with van der Waals surface area (Å²) in [6.07, 6.45) is 4.11. The first-order chi connectivity index (χ1) is 7.42. The van der Waals surface area contributed by atoms with Gasteiger partial charge >= 0.3 is 0 Å². The van der Waals surface area contributed by atoms with E-state index >= 15 is 0 Å². The number of amidine groups is 1. The van der Waals surface area contributed by atoms with E-state index < -0.39 is 0 Å². The Labute approximate surface area is 91.8 Å². The number of nitrogens with one attached hydrogen (secondary N) is 1. The van der Waals surface area contributed by atoms with E-state index in [4.69, 9.17) is 4.42 Å². The van der Waals surface area contributed by atoms with E-state index in [2.05, 4.69) is 15.5 Å². The minimum absolute atomic E-state index is 0.542. The van der Waals surface area contributed by atoms with Gasteiger partial charge in [-0.2, -0.15) is 5.10 Å². The summed E-state index contributed by atoms with van der Waals surface area (Å²) >= 11 is 1.69. The lowest BCUT2D eigenvalue weighted by Gasteiger charge is -2.12. The third-order valence-electron chi connectivity index (χ3n) is 2.28. The van der Waals surface area contributed by atoms with E-state index in [9.17, 15) is 0 Å². The summed E-state index contributed by atoms with van der Waals surface area (Å²) in [4.78, 5) is 4.49. The van der Waals surface area contributed by atoms with Crippen molar-refractivity contribution in [2.75, 3.05) is 5.75 Å². The molecule has 78 valence electrons. The van der Waals surface area contributed by atoms with E-state index in [0.29, 0.717) is 6.04 Å². The van der Waals surface area contributed by atoms with Gasteiger partial charge in [-0.25, -0.2) is 0 Å². The van der Waals surface area contributed by atoms with E-state index in [-0.39, 0.29) is 0 Å². The summed E-state index contributed by atoms with van der Waals surface area (Å²) in [6.45, 7) is 0. The molecule has 2 aliphatic rings. The van der Waals surface area contributed by atoms with Crippen LogP contribution in [0.4, 0.5) is 0 Å². The number of hydrazone groups is 1. The van der Waals surface area contributed by atoms with Crippen molar-refractivity contribution in [2.24, 2.45) is 10.1 Å². The Bertz CT molecular complexity index is 406. The molecule has 0 bridgehead atoms. The molecule has 1 aliphatic heterocycles. The molecule has 1 aliphatic carbocycles. The summed E-state index contributed by atoms with van der Waals surface area (Å²) in [5, 5.41) is 5.19. The molecule has 1 aromatic rings. The highest BCUT2D eigenvalue weighted by Gasteiger charge is 2.22. The quantitative estimate of drug-likeness (QED) is 0.829. The van der Waals surface area contributed by atoms with Crippen LogP contribution >= 0.6 is 11.8 Å². The third kappa shape index (κ3) is 2.07. The first-order valence-corrected chi connectivity index (χ1v) is 5.97. The number of aliphatic imine (C=N–C) groups is 1. The second-order valence-corrected chi connectivity index (χ2v) is 4.57. The van der Waals surface area contributed by atoms with Crippen LogP contribution in [0.5, 0.6) is 0 Å². The molecule has 0 amide bonds. The minimum atomic E-state index is 0.542. The van der Waals surface area contributed by atoms with Gasteiger partial charge in [0.1, 0.15) is 5.71 Å². The van der Waals surface area contributed by atoms with Gasteiger partial charge in [-0.3, -0.25) is 10.4 Å². The Balaban J connectivity index is 1.72. The molecule has 1 fully saturated rings. The van der Waals surface area contributed by atoms with Gasteiger partial charge in [0.05, 0.1) is 12.3 Å². The lowest BCUT2D eigenvalue weighted by Crippen LogP contribution is -2.25. The number of furan rings is 1. The lowest BCUT2D eigenvalue weighted by atomic mass is 10.3. The SMILES string of the molecule is c1coc(C2=NNC(=NC3CC3)SC2)c1. The van der Waals surface area contributed by atoms with E-state index in [1.54, 1.807) is 18.0 Å². The van der Waals surface area contributed by atoms with Crippen molar-refractivity contribution in [1.29, 1.82) is 0 Å². The third-order valence-corrected chi connectivity index (χ3v) is 3.17. The van der Waals surface area contributed by atoms with Crippen LogP contribution in [0.2, 0.25) is 0 Å². The van der Waals surface area contributed by atoms with Crippen LogP contribution in [0.1, 0.15) is 18.6 Å². The fourth-order valence-corrected chi connectivity index (χ4v) is 2.14. The second kappa shape index (κ2) is 3.73. The first kappa shape index (κ1) is 9.03. The molecule has 1 aromatic heterocycles. The average Bonchev–Trinajstić information content (AvgIpc) is 2.92. The zero-order valence-electron chi connectivity index (χ0n) is 8.14. The number of rotatable bonds is 2. The number of hydrogen-bond acceptors (Lipinski definition) is 4. The van der Waals surface area contributed by atoms with Crippen molar-refractivity contribution < 1.29 is 4.42 Å². The highest BCUT2D eigenvalue weighted by molar-refractivity contribution is 8.14. The van der Waals surface area contributed by atoms with Crippen molar-refractivity contribution in [1.82, 2.24) is 5.43 Å². The standard InChI is InChI=1S/C10H11N3OS/c1-2-9(14-5-1)8-6-15-10(13-12-8)11-7-3-4-7/h1-2,5,7H,3-4,6H2,(H,11,13).